The van der Waals surface area contributed by atoms with E-state index in [-0.39, 0.29) is 24.0 Å². The highest BCUT2D eigenvalue weighted by atomic mass is 127. The van der Waals surface area contributed by atoms with Gasteiger partial charge in [0.15, 0.2) is 5.96 Å². The molecule has 2 aliphatic rings. The lowest BCUT2D eigenvalue weighted by Crippen LogP contribution is -2.42. The van der Waals surface area contributed by atoms with Gasteiger partial charge in [0.1, 0.15) is 0 Å². The Morgan fingerprint density at radius 2 is 1.96 bits per heavy atom. The van der Waals surface area contributed by atoms with Crippen LogP contribution in [0, 0.1) is 0 Å². The first-order valence-electron chi connectivity index (χ1n) is 9.45. The van der Waals surface area contributed by atoms with Gasteiger partial charge in [-0.25, -0.2) is 4.99 Å². The van der Waals surface area contributed by atoms with Crippen LogP contribution in [0.4, 0.5) is 5.69 Å². The van der Waals surface area contributed by atoms with E-state index in [1.807, 2.05) is 0 Å². The number of nitrogens with one attached hydrogen (secondary N) is 1. The minimum atomic E-state index is 0. The van der Waals surface area contributed by atoms with Gasteiger partial charge in [0.2, 0.25) is 0 Å². The van der Waals surface area contributed by atoms with Gasteiger partial charge in [0.05, 0.1) is 19.8 Å². The molecule has 1 aromatic rings. The minimum absolute atomic E-state index is 0. The number of halogens is 1. The fraction of sp³-hybridized carbons (Fsp3) is 0.632. The summed E-state index contributed by atoms with van der Waals surface area (Å²) in [6.45, 7) is 9.58. The monoisotopic (exact) mass is 473 g/mol. The van der Waals surface area contributed by atoms with Gasteiger partial charge >= 0.3 is 0 Å². The molecule has 1 unspecified atom stereocenters. The van der Waals surface area contributed by atoms with Gasteiger partial charge in [-0.2, -0.15) is 0 Å². The summed E-state index contributed by atoms with van der Waals surface area (Å²) in [6, 6.07) is 9.19. The average molecular weight is 473 g/mol. The van der Waals surface area contributed by atoms with E-state index in [9.17, 15) is 0 Å². The van der Waals surface area contributed by atoms with Crippen molar-refractivity contribution in [1.29, 1.82) is 0 Å². The minimum Gasteiger partial charge on any atom is -0.378 e. The van der Waals surface area contributed by atoms with Crippen molar-refractivity contribution in [3.63, 3.8) is 0 Å². The molecule has 0 amide bonds. The van der Waals surface area contributed by atoms with Crippen LogP contribution in [0.2, 0.25) is 0 Å². The molecule has 0 radical (unpaired) electrons. The lowest BCUT2D eigenvalue weighted by Gasteiger charge is -2.28. The lowest BCUT2D eigenvalue weighted by atomic mass is 10.2. The fourth-order valence-electron chi connectivity index (χ4n) is 3.63. The Kier molecular flexibility index (Phi) is 8.94. The third-order valence-electron chi connectivity index (χ3n) is 5.17. The van der Waals surface area contributed by atoms with Crippen molar-refractivity contribution in [2.75, 3.05) is 50.8 Å². The van der Waals surface area contributed by atoms with Crippen LogP contribution in [0.15, 0.2) is 29.3 Å². The summed E-state index contributed by atoms with van der Waals surface area (Å²) >= 11 is 0. The van der Waals surface area contributed by atoms with E-state index in [2.05, 4.69) is 51.3 Å². The Morgan fingerprint density at radius 1 is 1.23 bits per heavy atom. The second kappa shape index (κ2) is 10.9. The summed E-state index contributed by atoms with van der Waals surface area (Å²) in [5.41, 5.74) is 8.46. The second-order valence-electron chi connectivity index (χ2n) is 6.77. The summed E-state index contributed by atoms with van der Waals surface area (Å²) in [5.74, 6) is 0.542. The zero-order valence-electron chi connectivity index (χ0n) is 15.7. The Hall–Kier alpha value is -1.06. The van der Waals surface area contributed by atoms with Crippen LogP contribution in [-0.4, -0.2) is 62.8 Å². The van der Waals surface area contributed by atoms with Crippen LogP contribution in [0.3, 0.4) is 0 Å². The van der Waals surface area contributed by atoms with Crippen molar-refractivity contribution in [3.8, 4) is 0 Å². The van der Waals surface area contributed by atoms with Gasteiger partial charge < -0.3 is 20.7 Å². The van der Waals surface area contributed by atoms with Crippen molar-refractivity contribution in [1.82, 2.24) is 10.2 Å². The maximum absolute atomic E-state index is 6.03. The zero-order valence-corrected chi connectivity index (χ0v) is 18.0. The number of guanidine groups is 1. The summed E-state index contributed by atoms with van der Waals surface area (Å²) in [6.07, 6.45) is 2.53. The van der Waals surface area contributed by atoms with E-state index in [0.717, 1.165) is 39.4 Å². The number of nitrogens with zero attached hydrogens (tertiary/aromatic N) is 3. The standard InChI is InChI=1S/C19H31N5O.HI/c1-2-23-9-3-4-18(23)15-22-19(20)21-14-16-5-7-17(8-6-16)24-10-12-25-13-11-24;/h5-8,18H,2-4,9-15H2,1H3,(H3,20,21,22);1H. The molecule has 0 aromatic heterocycles. The molecule has 26 heavy (non-hydrogen) atoms. The number of aliphatic imine (C=N–C) groups is 1. The van der Waals surface area contributed by atoms with E-state index >= 15 is 0 Å². The molecule has 2 heterocycles. The highest BCUT2D eigenvalue weighted by molar-refractivity contribution is 14.0. The number of benzene rings is 1. The number of hydrogen-bond acceptors (Lipinski definition) is 4. The van der Waals surface area contributed by atoms with E-state index in [4.69, 9.17) is 10.5 Å². The Morgan fingerprint density at radius 3 is 2.65 bits per heavy atom. The highest BCUT2D eigenvalue weighted by Crippen LogP contribution is 2.17. The van der Waals surface area contributed by atoms with Crippen LogP contribution in [-0.2, 0) is 11.3 Å². The number of rotatable bonds is 6. The molecule has 3 N–H and O–H groups in total. The fourth-order valence-corrected chi connectivity index (χ4v) is 3.63. The molecule has 1 atom stereocenters. The van der Waals surface area contributed by atoms with Gasteiger partial charge in [-0.3, -0.25) is 4.90 Å². The first kappa shape index (κ1) is 21.2. The van der Waals surface area contributed by atoms with Gasteiger partial charge in [0.25, 0.3) is 0 Å². The highest BCUT2D eigenvalue weighted by Gasteiger charge is 2.22. The van der Waals surface area contributed by atoms with Crippen LogP contribution in [0.25, 0.3) is 0 Å². The molecule has 3 rings (SSSR count). The second-order valence-corrected chi connectivity index (χ2v) is 6.77. The number of likely N-dealkylation sites (N-methyl/N-ethyl adjacent to an activating group) is 1. The molecule has 0 spiro atoms. The van der Waals surface area contributed by atoms with E-state index < -0.39 is 0 Å². The largest absolute Gasteiger partial charge is 0.378 e. The molecule has 146 valence electrons. The number of morpholine rings is 1. The zero-order chi connectivity index (χ0) is 17.5. The number of likely N-dealkylation sites (tertiary alicyclic amines) is 1. The molecule has 2 aliphatic heterocycles. The number of ether oxygens (including phenoxy) is 1. The smallest absolute Gasteiger partial charge is 0.188 e. The third-order valence-corrected chi connectivity index (χ3v) is 5.17. The predicted molar refractivity (Wildman–Crippen MR) is 118 cm³/mol. The molecule has 2 saturated heterocycles. The maximum Gasteiger partial charge on any atom is 0.188 e. The quantitative estimate of drug-likeness (QED) is 0.376. The first-order chi connectivity index (χ1) is 12.3. The van der Waals surface area contributed by atoms with Crippen LogP contribution in [0.5, 0.6) is 0 Å². The summed E-state index contributed by atoms with van der Waals surface area (Å²) in [5, 5.41) is 3.29. The van der Waals surface area contributed by atoms with E-state index in [1.165, 1.54) is 30.6 Å². The molecule has 2 fully saturated rings. The van der Waals surface area contributed by atoms with E-state index in [0.29, 0.717) is 18.5 Å². The predicted octanol–water partition coefficient (Wildman–Crippen LogP) is 2.03. The van der Waals surface area contributed by atoms with Crippen molar-refractivity contribution in [3.05, 3.63) is 29.8 Å². The van der Waals surface area contributed by atoms with Crippen molar-refractivity contribution < 1.29 is 4.74 Å². The maximum atomic E-state index is 6.03. The molecule has 7 heteroatoms. The number of anilines is 1. The van der Waals surface area contributed by atoms with Gasteiger partial charge in [-0.1, -0.05) is 19.1 Å². The summed E-state index contributed by atoms with van der Waals surface area (Å²) in [4.78, 5) is 9.34. The third kappa shape index (κ3) is 5.99. The number of nitrogens with two attached hydrogens (primary N) is 1. The average Bonchev–Trinajstić information content (AvgIpc) is 3.13. The molecule has 1 aromatic carbocycles. The molecule has 0 saturated carbocycles. The molecular formula is C19H32IN5O. The topological polar surface area (TPSA) is 66.1 Å². The molecule has 6 nitrogen and oxygen atoms in total. The molecular weight excluding hydrogens is 441 g/mol. The Bertz CT molecular complexity index is 560. The Labute approximate surface area is 174 Å². The van der Waals surface area contributed by atoms with Crippen molar-refractivity contribution >= 4 is 35.6 Å². The van der Waals surface area contributed by atoms with Crippen molar-refractivity contribution in [2.45, 2.75) is 32.4 Å². The van der Waals surface area contributed by atoms with Gasteiger partial charge in [0, 0.05) is 31.4 Å². The summed E-state index contributed by atoms with van der Waals surface area (Å²) < 4.78 is 5.40. The first-order valence-corrected chi connectivity index (χ1v) is 9.45. The summed E-state index contributed by atoms with van der Waals surface area (Å²) in [7, 11) is 0. The van der Waals surface area contributed by atoms with Crippen LogP contribution in [0.1, 0.15) is 25.3 Å². The molecule has 0 bridgehead atoms. The number of hydrogen-bond donors (Lipinski definition) is 2. The normalized spacial score (nSPS) is 21.5. The van der Waals surface area contributed by atoms with Crippen LogP contribution >= 0.6 is 24.0 Å². The SMILES string of the molecule is CCN1CCCC1CNC(N)=NCc1ccc(N2CCOCC2)cc1.I. The van der Waals surface area contributed by atoms with Crippen LogP contribution < -0.4 is 16.0 Å². The lowest BCUT2D eigenvalue weighted by molar-refractivity contribution is 0.122. The van der Waals surface area contributed by atoms with Gasteiger partial charge in [-0.15, -0.1) is 24.0 Å². The Balaban J connectivity index is 0.00000243. The van der Waals surface area contributed by atoms with E-state index in [1.54, 1.807) is 0 Å². The van der Waals surface area contributed by atoms with Crippen molar-refractivity contribution in [2.24, 2.45) is 10.7 Å². The molecule has 0 aliphatic carbocycles. The van der Waals surface area contributed by atoms with Gasteiger partial charge in [-0.05, 0) is 43.6 Å².